The van der Waals surface area contributed by atoms with Crippen molar-refractivity contribution in [3.63, 3.8) is 0 Å². The van der Waals surface area contributed by atoms with Crippen LogP contribution in [0.3, 0.4) is 0 Å². The topological polar surface area (TPSA) is 24.9 Å². The Balaban J connectivity index is 1.92. The predicted molar refractivity (Wildman–Crippen MR) is 62.8 cm³/mol. The van der Waals surface area contributed by atoms with E-state index in [9.17, 15) is 8.78 Å². The number of hydrogen-bond acceptors (Lipinski definition) is 2. The molecule has 0 bridgehead atoms. The van der Waals surface area contributed by atoms with Crippen molar-refractivity contribution in [1.82, 2.24) is 4.98 Å². The van der Waals surface area contributed by atoms with Crippen LogP contribution in [-0.2, 0) is 6.42 Å². The minimum absolute atomic E-state index is 0.194. The summed E-state index contributed by atoms with van der Waals surface area (Å²) in [5.74, 6) is -0.890. The standard InChI is InChI=1S/C13H12F2N2/c14-11-1-2-12(15)13(9-11)17-8-5-10-3-6-16-7-4-10/h1-4,6-7,9,17H,5,8H2. The SMILES string of the molecule is Fc1ccc(F)c(NCCc2ccncc2)c1. The van der Waals surface area contributed by atoms with Crippen molar-refractivity contribution in [3.8, 4) is 0 Å². The molecule has 0 saturated heterocycles. The number of nitrogens with one attached hydrogen (secondary N) is 1. The molecule has 0 aliphatic carbocycles. The molecule has 0 radical (unpaired) electrons. The van der Waals surface area contributed by atoms with Gasteiger partial charge in [-0.1, -0.05) is 0 Å². The van der Waals surface area contributed by atoms with Gasteiger partial charge in [0.25, 0.3) is 0 Å². The molecule has 88 valence electrons. The largest absolute Gasteiger partial charge is 0.382 e. The van der Waals surface area contributed by atoms with E-state index in [0.717, 1.165) is 30.2 Å². The summed E-state index contributed by atoms with van der Waals surface area (Å²) in [7, 11) is 0. The Labute approximate surface area is 98.3 Å². The minimum Gasteiger partial charge on any atom is -0.382 e. The summed E-state index contributed by atoms with van der Waals surface area (Å²) in [6.45, 7) is 0.546. The third-order valence-corrected chi connectivity index (χ3v) is 2.41. The minimum atomic E-state index is -0.446. The van der Waals surface area contributed by atoms with Gasteiger partial charge >= 0.3 is 0 Å². The molecule has 4 heteroatoms. The molecule has 2 nitrogen and oxygen atoms in total. The molecular weight excluding hydrogens is 222 g/mol. The Morgan fingerprint density at radius 2 is 1.82 bits per heavy atom. The first-order chi connectivity index (χ1) is 8.25. The van der Waals surface area contributed by atoms with Gasteiger partial charge in [-0.05, 0) is 42.3 Å². The van der Waals surface area contributed by atoms with Crippen molar-refractivity contribution in [2.24, 2.45) is 0 Å². The van der Waals surface area contributed by atoms with Crippen molar-refractivity contribution in [2.45, 2.75) is 6.42 Å². The van der Waals surface area contributed by atoms with Crippen LogP contribution in [0, 0.1) is 11.6 Å². The third kappa shape index (κ3) is 3.24. The highest BCUT2D eigenvalue weighted by molar-refractivity contribution is 5.44. The molecule has 0 spiro atoms. The molecular formula is C13H12F2N2. The van der Waals surface area contributed by atoms with Crippen LogP contribution in [0.4, 0.5) is 14.5 Å². The molecule has 0 amide bonds. The van der Waals surface area contributed by atoms with Crippen molar-refractivity contribution in [2.75, 3.05) is 11.9 Å². The highest BCUT2D eigenvalue weighted by atomic mass is 19.1. The maximum Gasteiger partial charge on any atom is 0.146 e. The zero-order valence-corrected chi connectivity index (χ0v) is 9.16. The van der Waals surface area contributed by atoms with Crippen molar-refractivity contribution in [1.29, 1.82) is 0 Å². The number of rotatable bonds is 4. The van der Waals surface area contributed by atoms with Crippen LogP contribution in [0.2, 0.25) is 0 Å². The molecule has 1 aromatic heterocycles. The average molecular weight is 234 g/mol. The van der Waals surface area contributed by atoms with E-state index < -0.39 is 11.6 Å². The highest BCUT2D eigenvalue weighted by Crippen LogP contribution is 2.15. The zero-order chi connectivity index (χ0) is 12.1. The van der Waals surface area contributed by atoms with E-state index in [1.165, 1.54) is 0 Å². The molecule has 0 saturated carbocycles. The second-order valence-electron chi connectivity index (χ2n) is 3.66. The summed E-state index contributed by atoms with van der Waals surface area (Å²) in [4.78, 5) is 3.91. The number of hydrogen-bond donors (Lipinski definition) is 1. The lowest BCUT2D eigenvalue weighted by atomic mass is 10.2. The summed E-state index contributed by atoms with van der Waals surface area (Å²) >= 11 is 0. The van der Waals surface area contributed by atoms with E-state index in [1.54, 1.807) is 12.4 Å². The lowest BCUT2D eigenvalue weighted by molar-refractivity contribution is 0.602. The Kier molecular flexibility index (Phi) is 3.65. The van der Waals surface area contributed by atoms with Gasteiger partial charge in [0, 0.05) is 18.9 Å². The summed E-state index contributed by atoms with van der Waals surface area (Å²) in [5.41, 5.74) is 1.29. The quantitative estimate of drug-likeness (QED) is 0.879. The molecule has 0 aliphatic rings. The van der Waals surface area contributed by atoms with Crippen LogP contribution in [-0.4, -0.2) is 11.5 Å². The monoisotopic (exact) mass is 234 g/mol. The van der Waals surface area contributed by atoms with Crippen LogP contribution in [0.5, 0.6) is 0 Å². The molecule has 1 N–H and O–H groups in total. The van der Waals surface area contributed by atoms with Crippen molar-refractivity contribution >= 4 is 5.69 Å². The van der Waals surface area contributed by atoms with Gasteiger partial charge in [0.2, 0.25) is 0 Å². The van der Waals surface area contributed by atoms with E-state index in [-0.39, 0.29) is 5.69 Å². The van der Waals surface area contributed by atoms with Gasteiger partial charge in [0.15, 0.2) is 0 Å². The number of benzene rings is 1. The average Bonchev–Trinajstić information content (AvgIpc) is 2.35. The van der Waals surface area contributed by atoms with Crippen molar-refractivity contribution < 1.29 is 8.78 Å². The third-order valence-electron chi connectivity index (χ3n) is 2.41. The summed E-state index contributed by atoms with van der Waals surface area (Å²) in [5, 5.41) is 2.87. The first-order valence-corrected chi connectivity index (χ1v) is 5.33. The normalized spacial score (nSPS) is 10.2. The fourth-order valence-corrected chi connectivity index (χ4v) is 1.52. The van der Waals surface area contributed by atoms with Crippen LogP contribution >= 0.6 is 0 Å². The molecule has 2 rings (SSSR count). The van der Waals surface area contributed by atoms with Gasteiger partial charge in [0.05, 0.1) is 5.69 Å². The second kappa shape index (κ2) is 5.39. The fourth-order valence-electron chi connectivity index (χ4n) is 1.52. The van der Waals surface area contributed by atoms with E-state index in [0.29, 0.717) is 6.54 Å². The van der Waals surface area contributed by atoms with Gasteiger partial charge in [0.1, 0.15) is 11.6 Å². The Morgan fingerprint density at radius 3 is 2.59 bits per heavy atom. The smallest absolute Gasteiger partial charge is 0.146 e. The summed E-state index contributed by atoms with van der Waals surface area (Å²) in [6, 6.07) is 7.16. The van der Waals surface area contributed by atoms with Gasteiger partial charge < -0.3 is 5.32 Å². The number of aromatic nitrogens is 1. The first-order valence-electron chi connectivity index (χ1n) is 5.33. The lowest BCUT2D eigenvalue weighted by Gasteiger charge is -2.07. The molecule has 0 atom stereocenters. The van der Waals surface area contributed by atoms with E-state index in [2.05, 4.69) is 10.3 Å². The molecule has 17 heavy (non-hydrogen) atoms. The van der Waals surface area contributed by atoms with Crippen LogP contribution < -0.4 is 5.32 Å². The number of pyridine rings is 1. The Hall–Kier alpha value is -1.97. The van der Waals surface area contributed by atoms with Crippen LogP contribution in [0.25, 0.3) is 0 Å². The molecule has 0 unspecified atom stereocenters. The summed E-state index contributed by atoms with van der Waals surface area (Å²) in [6.07, 6.45) is 4.15. The van der Waals surface area contributed by atoms with E-state index in [1.807, 2.05) is 12.1 Å². The van der Waals surface area contributed by atoms with Crippen LogP contribution in [0.15, 0.2) is 42.7 Å². The fraction of sp³-hybridized carbons (Fsp3) is 0.154. The van der Waals surface area contributed by atoms with Gasteiger partial charge in [-0.2, -0.15) is 0 Å². The maximum atomic E-state index is 13.3. The highest BCUT2D eigenvalue weighted by Gasteiger charge is 2.02. The molecule has 1 aromatic carbocycles. The summed E-state index contributed by atoms with van der Waals surface area (Å²) < 4.78 is 26.1. The Bertz CT molecular complexity index is 486. The Morgan fingerprint density at radius 1 is 1.06 bits per heavy atom. The van der Waals surface area contributed by atoms with E-state index >= 15 is 0 Å². The number of halogens is 2. The van der Waals surface area contributed by atoms with Crippen molar-refractivity contribution in [3.05, 3.63) is 59.9 Å². The van der Waals surface area contributed by atoms with Gasteiger partial charge in [-0.3, -0.25) is 4.98 Å². The zero-order valence-electron chi connectivity index (χ0n) is 9.16. The molecule has 1 heterocycles. The van der Waals surface area contributed by atoms with Gasteiger partial charge in [-0.25, -0.2) is 8.78 Å². The van der Waals surface area contributed by atoms with Crippen LogP contribution in [0.1, 0.15) is 5.56 Å². The maximum absolute atomic E-state index is 13.3. The predicted octanol–water partition coefficient (Wildman–Crippen LogP) is 3.01. The lowest BCUT2D eigenvalue weighted by Crippen LogP contribution is -2.06. The van der Waals surface area contributed by atoms with Gasteiger partial charge in [-0.15, -0.1) is 0 Å². The number of nitrogens with zero attached hydrogens (tertiary/aromatic N) is 1. The number of anilines is 1. The molecule has 0 aliphatic heterocycles. The first kappa shape index (κ1) is 11.5. The molecule has 0 fully saturated rings. The molecule has 2 aromatic rings. The second-order valence-corrected chi connectivity index (χ2v) is 3.66. The van der Waals surface area contributed by atoms with E-state index in [4.69, 9.17) is 0 Å².